The Hall–Kier alpha value is -1.13. The van der Waals surface area contributed by atoms with Crippen LogP contribution in [0.1, 0.15) is 36.2 Å². The summed E-state index contributed by atoms with van der Waals surface area (Å²) < 4.78 is 0. The van der Waals surface area contributed by atoms with Crippen molar-refractivity contribution in [2.24, 2.45) is 0 Å². The average molecular weight is 255 g/mol. The van der Waals surface area contributed by atoms with Crippen molar-refractivity contribution in [3.05, 3.63) is 29.0 Å². The number of rotatable bonds is 2. The summed E-state index contributed by atoms with van der Waals surface area (Å²) in [6, 6.07) is 3.04. The number of aliphatic hydroxyl groups excluding tert-OH is 1. The molecule has 0 saturated heterocycles. The molecule has 1 saturated carbocycles. The second-order valence-corrected chi connectivity index (χ2v) is 4.73. The van der Waals surface area contributed by atoms with Crippen molar-refractivity contribution in [1.29, 1.82) is 0 Å². The minimum absolute atomic E-state index is 0.159. The van der Waals surface area contributed by atoms with Gasteiger partial charge in [-0.15, -0.1) is 0 Å². The van der Waals surface area contributed by atoms with E-state index in [0.717, 1.165) is 25.7 Å². The van der Waals surface area contributed by atoms with Gasteiger partial charge in [-0.3, -0.25) is 4.79 Å². The fraction of sp³-hybridized carbons (Fsp3) is 0.500. The Morgan fingerprint density at radius 3 is 2.82 bits per heavy atom. The summed E-state index contributed by atoms with van der Waals surface area (Å²) in [5.41, 5.74) is 0.326. The largest absolute Gasteiger partial charge is 0.391 e. The van der Waals surface area contributed by atoms with Gasteiger partial charge in [0.15, 0.2) is 0 Å². The molecule has 2 atom stereocenters. The lowest BCUT2D eigenvalue weighted by Crippen LogP contribution is -2.45. The number of amides is 1. The molecule has 0 spiro atoms. The molecule has 2 N–H and O–H groups in total. The Morgan fingerprint density at radius 1 is 1.41 bits per heavy atom. The van der Waals surface area contributed by atoms with Gasteiger partial charge in [-0.25, -0.2) is 4.98 Å². The van der Waals surface area contributed by atoms with Crippen LogP contribution < -0.4 is 5.32 Å². The molecule has 17 heavy (non-hydrogen) atoms. The maximum atomic E-state index is 11.8. The van der Waals surface area contributed by atoms with Crippen molar-refractivity contribution in [3.63, 3.8) is 0 Å². The molecule has 1 aromatic rings. The molecule has 1 heterocycles. The van der Waals surface area contributed by atoms with E-state index in [1.807, 2.05) is 0 Å². The molecule has 5 heteroatoms. The molecule has 92 valence electrons. The number of hydrogen-bond donors (Lipinski definition) is 2. The third-order valence-electron chi connectivity index (χ3n) is 3.01. The number of carbonyl (C=O) groups is 1. The quantitative estimate of drug-likeness (QED) is 0.846. The third kappa shape index (κ3) is 3.17. The lowest BCUT2D eigenvalue weighted by atomic mass is 9.92. The van der Waals surface area contributed by atoms with Gasteiger partial charge in [-0.05, 0) is 25.0 Å². The highest BCUT2D eigenvalue weighted by atomic mass is 35.5. The van der Waals surface area contributed by atoms with Crippen molar-refractivity contribution >= 4 is 17.5 Å². The van der Waals surface area contributed by atoms with Gasteiger partial charge in [0.25, 0.3) is 5.91 Å². The molecule has 4 nitrogen and oxygen atoms in total. The number of aromatic nitrogens is 1. The normalized spacial score (nSPS) is 24.4. The van der Waals surface area contributed by atoms with E-state index < -0.39 is 6.10 Å². The number of nitrogens with zero attached hydrogens (tertiary/aromatic N) is 1. The van der Waals surface area contributed by atoms with Crippen LogP contribution in [0.25, 0.3) is 0 Å². The molecule has 1 aromatic heterocycles. The average Bonchev–Trinajstić information content (AvgIpc) is 2.33. The second kappa shape index (κ2) is 5.47. The first-order valence-electron chi connectivity index (χ1n) is 5.77. The molecule has 0 unspecified atom stereocenters. The highest BCUT2D eigenvalue weighted by molar-refractivity contribution is 6.30. The van der Waals surface area contributed by atoms with Gasteiger partial charge in [0.1, 0.15) is 5.69 Å². The summed E-state index contributed by atoms with van der Waals surface area (Å²) in [6.07, 6.45) is 4.62. The van der Waals surface area contributed by atoms with Gasteiger partial charge < -0.3 is 10.4 Å². The molecular weight excluding hydrogens is 240 g/mol. The van der Waals surface area contributed by atoms with Gasteiger partial charge in [-0.1, -0.05) is 24.4 Å². The van der Waals surface area contributed by atoms with Crippen molar-refractivity contribution in [1.82, 2.24) is 10.3 Å². The van der Waals surface area contributed by atoms with Gasteiger partial charge in [-0.2, -0.15) is 0 Å². The standard InChI is InChI=1S/C12H15ClN2O2/c13-8-5-6-10(14-7-8)12(17)15-9-3-1-2-4-11(9)16/h5-7,9,11,16H,1-4H2,(H,15,17)/t9-,11-/m0/s1. The predicted octanol–water partition coefficient (Wildman–Crippen LogP) is 1.77. The smallest absolute Gasteiger partial charge is 0.270 e. The van der Waals surface area contributed by atoms with Crippen molar-refractivity contribution < 1.29 is 9.90 Å². The van der Waals surface area contributed by atoms with Gasteiger partial charge in [0.2, 0.25) is 0 Å². The van der Waals surface area contributed by atoms with Crippen molar-refractivity contribution in [2.45, 2.75) is 37.8 Å². The minimum atomic E-state index is -0.444. The molecule has 0 radical (unpaired) electrons. The lowest BCUT2D eigenvalue weighted by Gasteiger charge is -2.28. The molecular formula is C12H15ClN2O2. The topological polar surface area (TPSA) is 62.2 Å². The zero-order valence-corrected chi connectivity index (χ0v) is 10.2. The number of nitrogens with one attached hydrogen (secondary N) is 1. The summed E-state index contributed by atoms with van der Waals surface area (Å²) in [5.74, 6) is -0.257. The second-order valence-electron chi connectivity index (χ2n) is 4.29. The fourth-order valence-corrected chi connectivity index (χ4v) is 2.14. The Bertz CT molecular complexity index is 394. The van der Waals surface area contributed by atoms with E-state index in [0.29, 0.717) is 10.7 Å². The number of aliphatic hydroxyl groups is 1. The Balaban J connectivity index is 1.98. The summed E-state index contributed by atoms with van der Waals surface area (Å²) in [4.78, 5) is 15.8. The van der Waals surface area contributed by atoms with Crippen LogP contribution in [-0.4, -0.2) is 28.1 Å². The van der Waals surface area contributed by atoms with Gasteiger partial charge in [0, 0.05) is 6.20 Å². The van der Waals surface area contributed by atoms with Crippen LogP contribution in [0.4, 0.5) is 0 Å². The zero-order valence-electron chi connectivity index (χ0n) is 9.40. The molecule has 1 aliphatic carbocycles. The molecule has 0 bridgehead atoms. The molecule has 1 aliphatic rings. The molecule has 0 aromatic carbocycles. The van der Waals surface area contributed by atoms with E-state index in [9.17, 15) is 9.90 Å². The Morgan fingerprint density at radius 2 is 2.18 bits per heavy atom. The van der Waals surface area contributed by atoms with Crippen LogP contribution in [-0.2, 0) is 0 Å². The summed E-state index contributed by atoms with van der Waals surface area (Å²) in [7, 11) is 0. The zero-order chi connectivity index (χ0) is 12.3. The van der Waals surface area contributed by atoms with Crippen LogP contribution in [0.3, 0.4) is 0 Å². The van der Waals surface area contributed by atoms with Crippen LogP contribution in [0.5, 0.6) is 0 Å². The predicted molar refractivity (Wildman–Crippen MR) is 65.0 cm³/mol. The first-order valence-corrected chi connectivity index (χ1v) is 6.15. The first kappa shape index (κ1) is 12.3. The highest BCUT2D eigenvalue weighted by Gasteiger charge is 2.25. The third-order valence-corrected chi connectivity index (χ3v) is 3.23. The van der Waals surface area contributed by atoms with Crippen LogP contribution in [0, 0.1) is 0 Å². The minimum Gasteiger partial charge on any atom is -0.391 e. The number of halogens is 1. The Labute approximate surface area is 105 Å². The SMILES string of the molecule is O=C(N[C@H]1CCCC[C@@H]1O)c1ccc(Cl)cn1. The first-order chi connectivity index (χ1) is 8.16. The van der Waals surface area contributed by atoms with E-state index in [4.69, 9.17) is 11.6 Å². The van der Waals surface area contributed by atoms with Crippen LogP contribution in [0.2, 0.25) is 5.02 Å². The van der Waals surface area contributed by atoms with Gasteiger partial charge in [0.05, 0.1) is 17.2 Å². The number of carbonyl (C=O) groups excluding carboxylic acids is 1. The van der Waals surface area contributed by atoms with E-state index in [2.05, 4.69) is 10.3 Å². The summed E-state index contributed by atoms with van der Waals surface area (Å²) >= 11 is 5.70. The van der Waals surface area contributed by atoms with Gasteiger partial charge >= 0.3 is 0 Å². The molecule has 1 fully saturated rings. The lowest BCUT2D eigenvalue weighted by molar-refractivity contribution is 0.0714. The summed E-state index contributed by atoms with van der Waals surface area (Å²) in [6.45, 7) is 0. The number of pyridine rings is 1. The van der Waals surface area contributed by atoms with Crippen molar-refractivity contribution in [2.75, 3.05) is 0 Å². The summed E-state index contributed by atoms with van der Waals surface area (Å²) in [5, 5.41) is 13.1. The Kier molecular flexibility index (Phi) is 3.97. The molecule has 0 aliphatic heterocycles. The van der Waals surface area contributed by atoms with Crippen LogP contribution in [0.15, 0.2) is 18.3 Å². The van der Waals surface area contributed by atoms with Crippen LogP contribution >= 0.6 is 11.6 Å². The van der Waals surface area contributed by atoms with E-state index in [-0.39, 0.29) is 11.9 Å². The fourth-order valence-electron chi connectivity index (χ4n) is 2.03. The van der Waals surface area contributed by atoms with E-state index >= 15 is 0 Å². The maximum Gasteiger partial charge on any atom is 0.270 e. The van der Waals surface area contributed by atoms with E-state index in [1.54, 1.807) is 12.1 Å². The maximum absolute atomic E-state index is 11.8. The molecule has 1 amide bonds. The number of hydrogen-bond acceptors (Lipinski definition) is 3. The van der Waals surface area contributed by atoms with E-state index in [1.165, 1.54) is 6.20 Å². The van der Waals surface area contributed by atoms with Crippen molar-refractivity contribution in [3.8, 4) is 0 Å². The highest BCUT2D eigenvalue weighted by Crippen LogP contribution is 2.18. The monoisotopic (exact) mass is 254 g/mol. The molecule has 2 rings (SSSR count).